The van der Waals surface area contributed by atoms with Crippen molar-refractivity contribution >= 4 is 29.4 Å². The minimum Gasteiger partial charge on any atom is -0.480 e. The number of likely N-dealkylation sites (N-methyl/N-ethyl adjacent to an activating group) is 1. The molecule has 0 radical (unpaired) electrons. The molecule has 8 nitrogen and oxygen atoms in total. The second kappa shape index (κ2) is 8.46. The number of carboxylic acids is 1. The van der Waals surface area contributed by atoms with Crippen molar-refractivity contribution in [2.45, 2.75) is 32.2 Å². The molecule has 1 atom stereocenters. The van der Waals surface area contributed by atoms with Gasteiger partial charge >= 0.3 is 5.97 Å². The van der Waals surface area contributed by atoms with E-state index in [0.29, 0.717) is 24.2 Å². The van der Waals surface area contributed by atoms with Crippen LogP contribution in [0.4, 0.5) is 5.69 Å². The largest absolute Gasteiger partial charge is 0.480 e. The smallest absolute Gasteiger partial charge is 0.326 e. The molecule has 1 fully saturated rings. The van der Waals surface area contributed by atoms with Gasteiger partial charge in [0.1, 0.15) is 6.04 Å². The maximum atomic E-state index is 12.7. The number of aliphatic carboxylic acids is 1. The van der Waals surface area contributed by atoms with Gasteiger partial charge in [-0.1, -0.05) is 6.07 Å². The number of carbonyl (C=O) groups is 4. The zero-order chi connectivity index (χ0) is 19.3. The number of nitrogens with one attached hydrogen (secondary N) is 1. The van der Waals surface area contributed by atoms with E-state index in [1.807, 2.05) is 0 Å². The van der Waals surface area contributed by atoms with Gasteiger partial charge in [-0.15, -0.1) is 0 Å². The van der Waals surface area contributed by atoms with Crippen LogP contribution in [0.15, 0.2) is 24.3 Å². The number of hydrogen-bond donors (Lipinski definition) is 2. The van der Waals surface area contributed by atoms with Gasteiger partial charge in [-0.25, -0.2) is 4.79 Å². The topological polar surface area (TPSA) is 107 Å². The van der Waals surface area contributed by atoms with E-state index in [4.69, 9.17) is 0 Å². The molecule has 0 bridgehead atoms. The normalized spacial score (nSPS) is 16.7. The SMILES string of the molecule is CC(=O)N(C)CC(=O)Nc1cccc(C(=O)N2CCCCC2C(=O)O)c1. The maximum absolute atomic E-state index is 12.7. The van der Waals surface area contributed by atoms with E-state index in [-0.39, 0.29) is 24.3 Å². The molecule has 0 spiro atoms. The summed E-state index contributed by atoms with van der Waals surface area (Å²) in [6.07, 6.45) is 1.98. The minimum atomic E-state index is -1.00. The van der Waals surface area contributed by atoms with Crippen LogP contribution in [-0.2, 0) is 14.4 Å². The lowest BCUT2D eigenvalue weighted by molar-refractivity contribution is -0.143. The summed E-state index contributed by atoms with van der Waals surface area (Å²) in [5.41, 5.74) is 0.734. The average molecular weight is 361 g/mol. The summed E-state index contributed by atoms with van der Waals surface area (Å²) in [7, 11) is 1.52. The summed E-state index contributed by atoms with van der Waals surface area (Å²) >= 11 is 0. The molecule has 8 heteroatoms. The number of anilines is 1. The molecular formula is C18H23N3O5. The molecule has 0 saturated carbocycles. The van der Waals surface area contributed by atoms with Gasteiger partial charge in [-0.3, -0.25) is 14.4 Å². The lowest BCUT2D eigenvalue weighted by Crippen LogP contribution is -2.48. The summed E-state index contributed by atoms with van der Waals surface area (Å²) in [6.45, 7) is 1.67. The highest BCUT2D eigenvalue weighted by Crippen LogP contribution is 2.21. The number of carbonyl (C=O) groups excluding carboxylic acids is 3. The van der Waals surface area contributed by atoms with Gasteiger partial charge in [0.25, 0.3) is 5.91 Å². The second-order valence-electron chi connectivity index (χ2n) is 6.35. The third kappa shape index (κ3) is 4.81. The van der Waals surface area contributed by atoms with Crippen LogP contribution in [0.25, 0.3) is 0 Å². The Morgan fingerprint density at radius 3 is 2.65 bits per heavy atom. The number of hydrogen-bond acceptors (Lipinski definition) is 4. The highest BCUT2D eigenvalue weighted by atomic mass is 16.4. The van der Waals surface area contributed by atoms with Crippen molar-refractivity contribution in [1.82, 2.24) is 9.80 Å². The molecule has 1 saturated heterocycles. The Balaban J connectivity index is 2.10. The fourth-order valence-corrected chi connectivity index (χ4v) is 2.85. The lowest BCUT2D eigenvalue weighted by Gasteiger charge is -2.33. The Hall–Kier alpha value is -2.90. The number of benzene rings is 1. The van der Waals surface area contributed by atoms with Crippen molar-refractivity contribution < 1.29 is 24.3 Å². The van der Waals surface area contributed by atoms with Crippen molar-refractivity contribution in [3.8, 4) is 0 Å². The van der Waals surface area contributed by atoms with Crippen LogP contribution in [-0.4, -0.2) is 64.8 Å². The molecular weight excluding hydrogens is 338 g/mol. The van der Waals surface area contributed by atoms with Crippen LogP contribution >= 0.6 is 0 Å². The van der Waals surface area contributed by atoms with Gasteiger partial charge in [0.05, 0.1) is 6.54 Å². The average Bonchev–Trinajstić information content (AvgIpc) is 2.61. The number of nitrogens with zero attached hydrogens (tertiary/aromatic N) is 2. The summed E-state index contributed by atoms with van der Waals surface area (Å²) in [4.78, 5) is 49.9. The Bertz CT molecular complexity index is 719. The molecule has 2 rings (SSSR count). The Morgan fingerprint density at radius 1 is 1.27 bits per heavy atom. The molecule has 140 valence electrons. The third-order valence-electron chi connectivity index (χ3n) is 4.36. The Kier molecular flexibility index (Phi) is 6.32. The van der Waals surface area contributed by atoms with Gasteiger partial charge in [-0.2, -0.15) is 0 Å². The van der Waals surface area contributed by atoms with Crippen LogP contribution in [0.2, 0.25) is 0 Å². The van der Waals surface area contributed by atoms with Gasteiger partial charge in [0, 0.05) is 31.8 Å². The monoisotopic (exact) mass is 361 g/mol. The summed E-state index contributed by atoms with van der Waals surface area (Å²) in [5, 5.41) is 12.0. The van der Waals surface area contributed by atoms with Crippen molar-refractivity contribution in [3.63, 3.8) is 0 Å². The Labute approximate surface area is 151 Å². The zero-order valence-corrected chi connectivity index (χ0v) is 14.9. The number of amides is 3. The van der Waals surface area contributed by atoms with Crippen LogP contribution in [0, 0.1) is 0 Å². The van der Waals surface area contributed by atoms with Gasteiger partial charge in [-0.05, 0) is 37.5 Å². The standard InChI is InChI=1S/C18H23N3O5/c1-12(22)20(2)11-16(23)19-14-7-5-6-13(10-14)17(24)21-9-4-3-8-15(21)18(25)26/h5-7,10,15H,3-4,8-9,11H2,1-2H3,(H,19,23)(H,25,26). The number of rotatable bonds is 5. The van der Waals surface area contributed by atoms with E-state index in [2.05, 4.69) is 5.32 Å². The molecule has 3 amide bonds. The maximum Gasteiger partial charge on any atom is 0.326 e. The zero-order valence-electron chi connectivity index (χ0n) is 14.9. The molecule has 1 aliphatic heterocycles. The first-order valence-electron chi connectivity index (χ1n) is 8.45. The molecule has 0 aliphatic carbocycles. The third-order valence-corrected chi connectivity index (χ3v) is 4.36. The van der Waals surface area contributed by atoms with E-state index < -0.39 is 12.0 Å². The summed E-state index contributed by atoms with van der Waals surface area (Å²) in [5.74, 6) is -1.98. The van der Waals surface area contributed by atoms with Crippen molar-refractivity contribution in [2.75, 3.05) is 25.5 Å². The molecule has 26 heavy (non-hydrogen) atoms. The summed E-state index contributed by atoms with van der Waals surface area (Å²) in [6, 6.07) is 5.54. The van der Waals surface area contributed by atoms with Crippen LogP contribution in [0.5, 0.6) is 0 Å². The predicted octanol–water partition coefficient (Wildman–Crippen LogP) is 1.18. The first-order chi connectivity index (χ1) is 12.3. The van der Waals surface area contributed by atoms with Crippen LogP contribution in [0.3, 0.4) is 0 Å². The van der Waals surface area contributed by atoms with Gasteiger partial charge in [0.15, 0.2) is 0 Å². The highest BCUT2D eigenvalue weighted by Gasteiger charge is 2.32. The first-order valence-corrected chi connectivity index (χ1v) is 8.45. The molecule has 1 unspecified atom stereocenters. The summed E-state index contributed by atoms with van der Waals surface area (Å²) < 4.78 is 0. The molecule has 1 heterocycles. The number of carboxylic acid groups (broad SMARTS) is 1. The fourth-order valence-electron chi connectivity index (χ4n) is 2.85. The second-order valence-corrected chi connectivity index (χ2v) is 6.35. The van der Waals surface area contributed by atoms with Crippen molar-refractivity contribution in [3.05, 3.63) is 29.8 Å². The van der Waals surface area contributed by atoms with E-state index in [9.17, 15) is 24.3 Å². The lowest BCUT2D eigenvalue weighted by atomic mass is 10.0. The van der Waals surface area contributed by atoms with E-state index >= 15 is 0 Å². The van der Waals surface area contributed by atoms with E-state index in [1.54, 1.807) is 18.2 Å². The van der Waals surface area contributed by atoms with E-state index in [1.165, 1.54) is 29.8 Å². The van der Waals surface area contributed by atoms with Crippen molar-refractivity contribution in [1.29, 1.82) is 0 Å². The molecule has 1 aliphatic rings. The quantitative estimate of drug-likeness (QED) is 0.819. The van der Waals surface area contributed by atoms with Crippen LogP contribution in [0.1, 0.15) is 36.5 Å². The van der Waals surface area contributed by atoms with Gasteiger partial charge < -0.3 is 20.2 Å². The van der Waals surface area contributed by atoms with Crippen LogP contribution < -0.4 is 5.32 Å². The molecule has 1 aromatic rings. The van der Waals surface area contributed by atoms with E-state index in [0.717, 1.165) is 12.8 Å². The minimum absolute atomic E-state index is 0.0965. The molecule has 0 aromatic heterocycles. The van der Waals surface area contributed by atoms with Gasteiger partial charge in [0.2, 0.25) is 11.8 Å². The Morgan fingerprint density at radius 2 is 2.00 bits per heavy atom. The molecule has 1 aromatic carbocycles. The predicted molar refractivity (Wildman–Crippen MR) is 94.7 cm³/mol. The number of likely N-dealkylation sites (tertiary alicyclic amines) is 1. The first kappa shape index (κ1) is 19.4. The highest BCUT2D eigenvalue weighted by molar-refractivity contribution is 5.99. The van der Waals surface area contributed by atoms with Crippen molar-refractivity contribution in [2.24, 2.45) is 0 Å². The fraction of sp³-hybridized carbons (Fsp3) is 0.444. The number of piperidine rings is 1. The molecule has 2 N–H and O–H groups in total.